The van der Waals surface area contributed by atoms with Crippen LogP contribution in [0.1, 0.15) is 75.6 Å². The summed E-state index contributed by atoms with van der Waals surface area (Å²) in [5, 5.41) is 2.61. The molecule has 33 heavy (non-hydrogen) atoms. The van der Waals surface area contributed by atoms with Crippen LogP contribution in [0.2, 0.25) is 0 Å². The van der Waals surface area contributed by atoms with Crippen LogP contribution >= 0.6 is 0 Å². The maximum atomic E-state index is 4.95. The molecule has 2 bridgehead atoms. The lowest BCUT2D eigenvalue weighted by molar-refractivity contribution is 0.188. The van der Waals surface area contributed by atoms with E-state index in [2.05, 4.69) is 94.6 Å². The van der Waals surface area contributed by atoms with Crippen LogP contribution in [0.25, 0.3) is 33.2 Å². The first-order valence-electron chi connectivity index (χ1n) is 12.5. The lowest BCUT2D eigenvalue weighted by Crippen LogP contribution is -2.44. The molecule has 0 amide bonds. The maximum Gasteiger partial charge on any atom is 0.0708 e. The van der Waals surface area contributed by atoms with Gasteiger partial charge in [-0.05, 0) is 93.5 Å². The topological polar surface area (TPSA) is 12.9 Å². The lowest BCUT2D eigenvalue weighted by Gasteiger charge is -2.52. The number of nitrogens with zero attached hydrogens (tertiary/aromatic N) is 1. The van der Waals surface area contributed by atoms with E-state index in [1.54, 1.807) is 11.1 Å². The van der Waals surface area contributed by atoms with E-state index in [0.717, 1.165) is 5.69 Å². The van der Waals surface area contributed by atoms with Crippen LogP contribution in [-0.4, -0.2) is 4.98 Å². The fraction of sp³-hybridized carbons (Fsp3) is 0.344. The Hall–Kier alpha value is -2.93. The van der Waals surface area contributed by atoms with Crippen LogP contribution in [0.3, 0.4) is 0 Å². The summed E-state index contributed by atoms with van der Waals surface area (Å²) in [7, 11) is 0. The summed E-state index contributed by atoms with van der Waals surface area (Å²) >= 11 is 0. The highest BCUT2D eigenvalue weighted by atomic mass is 14.7. The Morgan fingerprint density at radius 1 is 0.606 bits per heavy atom. The third kappa shape index (κ3) is 2.51. The molecular formula is C32H31N. The molecule has 1 heteroatoms. The molecule has 4 aliphatic carbocycles. The zero-order chi connectivity index (χ0) is 22.6. The molecule has 0 saturated heterocycles. The smallest absolute Gasteiger partial charge is 0.0708 e. The third-order valence-corrected chi connectivity index (χ3v) is 9.49. The van der Waals surface area contributed by atoms with Gasteiger partial charge in [0.2, 0.25) is 0 Å². The molecule has 4 aromatic rings. The third-order valence-electron chi connectivity index (χ3n) is 9.49. The predicted molar refractivity (Wildman–Crippen MR) is 138 cm³/mol. The molecule has 0 unspecified atom stereocenters. The number of rotatable bonds is 1. The average Bonchev–Trinajstić information content (AvgIpc) is 3.06. The van der Waals surface area contributed by atoms with Gasteiger partial charge in [-0.2, -0.15) is 0 Å². The number of hydrogen-bond donors (Lipinski definition) is 0. The Balaban J connectivity index is 1.37. The van der Waals surface area contributed by atoms with Gasteiger partial charge in [-0.25, -0.2) is 0 Å². The molecule has 164 valence electrons. The van der Waals surface area contributed by atoms with Gasteiger partial charge in [0.15, 0.2) is 0 Å². The van der Waals surface area contributed by atoms with Gasteiger partial charge >= 0.3 is 0 Å². The van der Waals surface area contributed by atoms with Crippen molar-refractivity contribution in [3.8, 4) is 22.4 Å². The van der Waals surface area contributed by atoms with E-state index in [0.29, 0.717) is 10.8 Å². The minimum atomic E-state index is 0.0150. The zero-order valence-corrected chi connectivity index (χ0v) is 20.1. The summed E-state index contributed by atoms with van der Waals surface area (Å²) in [6, 6.07) is 23.1. The Kier molecular flexibility index (Phi) is 3.63. The molecule has 0 atom stereocenters. The quantitative estimate of drug-likeness (QED) is 0.296. The molecule has 1 saturated carbocycles. The van der Waals surface area contributed by atoms with E-state index in [-0.39, 0.29) is 5.41 Å². The zero-order valence-electron chi connectivity index (χ0n) is 20.1. The van der Waals surface area contributed by atoms with E-state index in [1.165, 1.54) is 64.3 Å². The van der Waals surface area contributed by atoms with Crippen molar-refractivity contribution in [3.05, 3.63) is 89.1 Å². The number of aromatic nitrogens is 1. The van der Waals surface area contributed by atoms with Gasteiger partial charge in [-0.3, -0.25) is 4.98 Å². The van der Waals surface area contributed by atoms with Gasteiger partial charge in [-0.1, -0.05) is 70.2 Å². The monoisotopic (exact) mass is 429 g/mol. The summed E-state index contributed by atoms with van der Waals surface area (Å²) in [4.78, 5) is 4.95. The Bertz CT molecular complexity index is 1460. The molecule has 1 fully saturated rings. The highest BCUT2D eigenvalue weighted by molar-refractivity contribution is 5.89. The molecular weight excluding hydrogens is 398 g/mol. The molecule has 0 radical (unpaired) electrons. The van der Waals surface area contributed by atoms with Gasteiger partial charge in [0.25, 0.3) is 0 Å². The summed E-state index contributed by atoms with van der Waals surface area (Å²) < 4.78 is 0. The summed E-state index contributed by atoms with van der Waals surface area (Å²) in [5.74, 6) is 0. The largest absolute Gasteiger partial charge is 0.256 e. The second-order valence-electron chi connectivity index (χ2n) is 11.9. The van der Waals surface area contributed by atoms with Gasteiger partial charge in [0, 0.05) is 22.6 Å². The van der Waals surface area contributed by atoms with Gasteiger partial charge in [0.1, 0.15) is 0 Å². The van der Waals surface area contributed by atoms with Crippen LogP contribution < -0.4 is 0 Å². The Morgan fingerprint density at radius 2 is 1.24 bits per heavy atom. The second kappa shape index (κ2) is 6.14. The minimum Gasteiger partial charge on any atom is -0.256 e. The van der Waals surface area contributed by atoms with Gasteiger partial charge in [0.05, 0.1) is 5.69 Å². The molecule has 1 heterocycles. The summed E-state index contributed by atoms with van der Waals surface area (Å²) in [5.41, 5.74) is 11.8. The summed E-state index contributed by atoms with van der Waals surface area (Å²) in [6.45, 7) is 9.65. The Morgan fingerprint density at radius 3 is 1.97 bits per heavy atom. The molecule has 1 aromatic heterocycles. The van der Waals surface area contributed by atoms with Crippen molar-refractivity contribution in [2.24, 2.45) is 0 Å². The van der Waals surface area contributed by atoms with Crippen molar-refractivity contribution in [2.75, 3.05) is 0 Å². The van der Waals surface area contributed by atoms with Crippen molar-refractivity contribution in [1.82, 2.24) is 4.98 Å². The van der Waals surface area contributed by atoms with Gasteiger partial charge < -0.3 is 0 Å². The van der Waals surface area contributed by atoms with E-state index in [1.807, 2.05) is 0 Å². The average molecular weight is 430 g/mol. The van der Waals surface area contributed by atoms with Crippen LogP contribution in [0.4, 0.5) is 0 Å². The molecule has 8 rings (SSSR count). The van der Waals surface area contributed by atoms with Crippen molar-refractivity contribution in [2.45, 2.75) is 69.6 Å². The van der Waals surface area contributed by atoms with Crippen LogP contribution in [0.5, 0.6) is 0 Å². The fourth-order valence-electron chi connectivity index (χ4n) is 7.11. The Labute approximate surface area is 196 Å². The van der Waals surface area contributed by atoms with Crippen LogP contribution in [0, 0.1) is 0 Å². The molecule has 0 aliphatic heterocycles. The highest BCUT2D eigenvalue weighted by Gasteiger charge is 2.47. The van der Waals surface area contributed by atoms with E-state index in [4.69, 9.17) is 4.98 Å². The normalized spacial score (nSPS) is 26.2. The van der Waals surface area contributed by atoms with Crippen molar-refractivity contribution < 1.29 is 0 Å². The maximum absolute atomic E-state index is 4.95. The van der Waals surface area contributed by atoms with Crippen LogP contribution in [0.15, 0.2) is 66.9 Å². The number of fused-ring (bicyclic) bond motifs is 6. The van der Waals surface area contributed by atoms with Gasteiger partial charge in [-0.15, -0.1) is 0 Å². The minimum absolute atomic E-state index is 0.0150. The number of hydrogen-bond acceptors (Lipinski definition) is 1. The molecule has 0 spiro atoms. The highest BCUT2D eigenvalue weighted by Crippen LogP contribution is 2.57. The second-order valence-corrected chi connectivity index (χ2v) is 11.9. The first kappa shape index (κ1) is 19.5. The van der Waals surface area contributed by atoms with Crippen LogP contribution in [-0.2, 0) is 16.2 Å². The molecule has 1 nitrogen and oxygen atoms in total. The number of benzene rings is 3. The van der Waals surface area contributed by atoms with Crippen molar-refractivity contribution in [3.63, 3.8) is 0 Å². The molecule has 4 aliphatic rings. The predicted octanol–water partition coefficient (Wildman–Crippen LogP) is 8.31. The van der Waals surface area contributed by atoms with E-state index in [9.17, 15) is 0 Å². The molecule has 3 aromatic carbocycles. The van der Waals surface area contributed by atoms with E-state index < -0.39 is 0 Å². The lowest BCUT2D eigenvalue weighted by atomic mass is 9.52. The molecule has 0 N–H and O–H groups in total. The fourth-order valence-corrected chi connectivity index (χ4v) is 7.11. The standard InChI is InChI=1S/C32H31N/c1-30(2)25-8-6-5-7-23(25)24-10-9-20(15-26(24)30)29-18-21-16-27-28(17-22(21)19-33-29)32(4)13-11-31(27,3)12-14-32/h5-10,15-19H,11-14H2,1-4H3. The van der Waals surface area contributed by atoms with Crippen molar-refractivity contribution >= 4 is 10.8 Å². The van der Waals surface area contributed by atoms with Crippen molar-refractivity contribution in [1.29, 1.82) is 0 Å². The first-order valence-corrected chi connectivity index (χ1v) is 12.5. The summed E-state index contributed by atoms with van der Waals surface area (Å²) in [6.07, 6.45) is 7.38. The first-order chi connectivity index (χ1) is 15.8. The van der Waals surface area contributed by atoms with E-state index >= 15 is 0 Å². The SMILES string of the molecule is CC12CCC(C)(CC1)c1cc3cc(-c4ccc5c(c4)C(C)(C)c4ccccc4-5)ncc3cc12. The number of pyridine rings is 1.